The highest BCUT2D eigenvalue weighted by Crippen LogP contribution is 2.21. The lowest BCUT2D eigenvalue weighted by atomic mass is 10.2. The number of benzene rings is 1. The van der Waals surface area contributed by atoms with E-state index in [0.717, 1.165) is 5.75 Å². The minimum absolute atomic E-state index is 0.135. The molecule has 1 unspecified atom stereocenters. The topological polar surface area (TPSA) is 26.3 Å². The van der Waals surface area contributed by atoms with E-state index in [0.29, 0.717) is 0 Å². The Morgan fingerprint density at radius 3 is 2.61 bits per heavy atom. The lowest BCUT2D eigenvalue weighted by Crippen LogP contribution is -2.28. The average molecular weight is 266 g/mol. The maximum atomic E-state index is 11.8. The summed E-state index contributed by atoms with van der Waals surface area (Å²) >= 11 is 1.61. The van der Waals surface area contributed by atoms with E-state index >= 15 is 0 Å². The molecule has 0 spiro atoms. The molecule has 100 valence electrons. The van der Waals surface area contributed by atoms with Crippen molar-refractivity contribution in [3.05, 3.63) is 35.4 Å². The fourth-order valence-corrected chi connectivity index (χ4v) is 2.28. The zero-order valence-corrected chi connectivity index (χ0v) is 12.6. The quantitative estimate of drug-likeness (QED) is 0.772. The van der Waals surface area contributed by atoms with Crippen molar-refractivity contribution in [2.75, 3.05) is 0 Å². The lowest BCUT2D eigenvalue weighted by Gasteiger charge is -2.22. The maximum absolute atomic E-state index is 11.8. The van der Waals surface area contributed by atoms with Gasteiger partial charge >= 0.3 is 5.97 Å². The van der Waals surface area contributed by atoms with Gasteiger partial charge < -0.3 is 4.74 Å². The Hall–Kier alpha value is -0.960. The molecule has 0 aliphatic carbocycles. The van der Waals surface area contributed by atoms with Crippen molar-refractivity contribution in [3.63, 3.8) is 0 Å². The zero-order valence-electron chi connectivity index (χ0n) is 11.8. The summed E-state index contributed by atoms with van der Waals surface area (Å²) in [7, 11) is 0. The Labute approximate surface area is 114 Å². The van der Waals surface area contributed by atoms with Crippen LogP contribution in [0.3, 0.4) is 0 Å². The number of aryl methyl sites for hydroxylation is 1. The Kier molecular flexibility index (Phi) is 5.27. The first-order valence-corrected chi connectivity index (χ1v) is 7.23. The molecular formula is C15H22O2S. The summed E-state index contributed by atoms with van der Waals surface area (Å²) in [5, 5.41) is -0.135. The fourth-order valence-electron chi connectivity index (χ4n) is 1.48. The number of rotatable bonds is 4. The molecule has 3 heteroatoms. The highest BCUT2D eigenvalue weighted by molar-refractivity contribution is 7.99. The first-order chi connectivity index (χ1) is 8.28. The molecule has 0 aliphatic heterocycles. The molecule has 1 aromatic carbocycles. The molecule has 0 radical (unpaired) electrons. The summed E-state index contributed by atoms with van der Waals surface area (Å²) in [6.07, 6.45) is 0. The van der Waals surface area contributed by atoms with Crippen LogP contribution in [0.2, 0.25) is 0 Å². The number of hydrogen-bond acceptors (Lipinski definition) is 3. The molecule has 0 bridgehead atoms. The van der Waals surface area contributed by atoms with E-state index in [4.69, 9.17) is 4.74 Å². The van der Waals surface area contributed by atoms with Crippen molar-refractivity contribution in [2.45, 2.75) is 51.2 Å². The van der Waals surface area contributed by atoms with Crippen molar-refractivity contribution in [3.8, 4) is 0 Å². The van der Waals surface area contributed by atoms with E-state index in [-0.39, 0.29) is 11.2 Å². The maximum Gasteiger partial charge on any atom is 0.319 e. The minimum Gasteiger partial charge on any atom is -0.459 e. The smallest absolute Gasteiger partial charge is 0.319 e. The largest absolute Gasteiger partial charge is 0.459 e. The van der Waals surface area contributed by atoms with Gasteiger partial charge in [-0.25, -0.2) is 0 Å². The SMILES string of the molecule is Cc1cccc(CSC(C)C(=O)OC(C)(C)C)c1. The van der Waals surface area contributed by atoms with Crippen LogP contribution in [0.15, 0.2) is 24.3 Å². The number of carbonyl (C=O) groups is 1. The second-order valence-electron chi connectivity index (χ2n) is 5.48. The van der Waals surface area contributed by atoms with Gasteiger partial charge in [0.2, 0.25) is 0 Å². The molecule has 0 saturated heterocycles. The van der Waals surface area contributed by atoms with Crippen LogP contribution < -0.4 is 0 Å². The number of ether oxygens (including phenoxy) is 1. The van der Waals surface area contributed by atoms with Gasteiger partial charge in [-0.15, -0.1) is 11.8 Å². The number of thioether (sulfide) groups is 1. The first-order valence-electron chi connectivity index (χ1n) is 6.18. The van der Waals surface area contributed by atoms with Gasteiger partial charge in [0.1, 0.15) is 5.60 Å². The van der Waals surface area contributed by atoms with Crippen LogP contribution in [0, 0.1) is 6.92 Å². The third kappa shape index (κ3) is 5.58. The molecule has 0 saturated carbocycles. The Morgan fingerprint density at radius 1 is 1.39 bits per heavy atom. The van der Waals surface area contributed by atoms with Crippen molar-refractivity contribution < 1.29 is 9.53 Å². The van der Waals surface area contributed by atoms with E-state index < -0.39 is 5.60 Å². The van der Waals surface area contributed by atoms with E-state index in [9.17, 15) is 4.79 Å². The summed E-state index contributed by atoms with van der Waals surface area (Å²) in [5.74, 6) is 0.697. The fraction of sp³-hybridized carbons (Fsp3) is 0.533. The molecule has 0 aromatic heterocycles. The van der Waals surface area contributed by atoms with E-state index in [1.54, 1.807) is 11.8 Å². The van der Waals surface area contributed by atoms with Crippen molar-refractivity contribution in [1.29, 1.82) is 0 Å². The summed E-state index contributed by atoms with van der Waals surface area (Å²) < 4.78 is 5.35. The Morgan fingerprint density at radius 2 is 2.06 bits per heavy atom. The molecule has 0 aliphatic rings. The van der Waals surface area contributed by atoms with E-state index in [1.807, 2.05) is 33.8 Å². The number of carbonyl (C=O) groups excluding carboxylic acids is 1. The van der Waals surface area contributed by atoms with Gasteiger partial charge in [-0.1, -0.05) is 29.8 Å². The standard InChI is InChI=1S/C15H22O2S/c1-11-7-6-8-13(9-11)10-18-12(2)14(16)17-15(3,4)5/h6-9,12H,10H2,1-5H3. The Balaban J connectivity index is 2.46. The average Bonchev–Trinajstić information content (AvgIpc) is 2.23. The highest BCUT2D eigenvalue weighted by Gasteiger charge is 2.21. The summed E-state index contributed by atoms with van der Waals surface area (Å²) in [4.78, 5) is 11.8. The predicted octanol–water partition coefficient (Wildman–Crippen LogP) is 3.96. The molecule has 0 amide bonds. The molecule has 0 N–H and O–H groups in total. The molecule has 0 fully saturated rings. The van der Waals surface area contributed by atoms with Gasteiger partial charge in [-0.3, -0.25) is 4.79 Å². The van der Waals surface area contributed by atoms with Gasteiger partial charge in [-0.2, -0.15) is 0 Å². The molecule has 18 heavy (non-hydrogen) atoms. The molecule has 1 aromatic rings. The molecule has 2 nitrogen and oxygen atoms in total. The van der Waals surface area contributed by atoms with Crippen LogP contribution in [0.1, 0.15) is 38.8 Å². The second-order valence-corrected chi connectivity index (χ2v) is 6.80. The monoisotopic (exact) mass is 266 g/mol. The minimum atomic E-state index is -0.408. The van der Waals surface area contributed by atoms with Crippen LogP contribution in [-0.2, 0) is 15.3 Å². The van der Waals surface area contributed by atoms with E-state index in [1.165, 1.54) is 11.1 Å². The van der Waals surface area contributed by atoms with Gasteiger partial charge in [0.25, 0.3) is 0 Å². The predicted molar refractivity (Wildman–Crippen MR) is 77.8 cm³/mol. The van der Waals surface area contributed by atoms with Crippen LogP contribution in [0.5, 0.6) is 0 Å². The number of hydrogen-bond donors (Lipinski definition) is 0. The van der Waals surface area contributed by atoms with Crippen LogP contribution >= 0.6 is 11.8 Å². The zero-order chi connectivity index (χ0) is 13.8. The molecule has 1 atom stereocenters. The highest BCUT2D eigenvalue weighted by atomic mass is 32.2. The summed E-state index contributed by atoms with van der Waals surface area (Å²) in [5.41, 5.74) is 2.09. The molecule has 0 heterocycles. The second kappa shape index (κ2) is 6.28. The van der Waals surface area contributed by atoms with Crippen LogP contribution in [0.4, 0.5) is 0 Å². The first kappa shape index (κ1) is 15.1. The summed E-state index contributed by atoms with van der Waals surface area (Å²) in [6.45, 7) is 9.65. The van der Waals surface area contributed by atoms with Gasteiger partial charge in [0, 0.05) is 5.75 Å². The van der Waals surface area contributed by atoms with Gasteiger partial charge in [0.15, 0.2) is 0 Å². The van der Waals surface area contributed by atoms with Crippen molar-refractivity contribution in [1.82, 2.24) is 0 Å². The third-order valence-electron chi connectivity index (χ3n) is 2.32. The van der Waals surface area contributed by atoms with Gasteiger partial charge in [-0.05, 0) is 40.2 Å². The van der Waals surface area contributed by atoms with Crippen molar-refractivity contribution in [2.24, 2.45) is 0 Å². The lowest BCUT2D eigenvalue weighted by molar-refractivity contribution is -0.153. The Bertz CT molecular complexity index is 407. The normalized spacial score (nSPS) is 13.2. The van der Waals surface area contributed by atoms with Crippen LogP contribution in [0.25, 0.3) is 0 Å². The third-order valence-corrected chi connectivity index (χ3v) is 3.51. The van der Waals surface area contributed by atoms with Crippen molar-refractivity contribution >= 4 is 17.7 Å². The number of esters is 1. The van der Waals surface area contributed by atoms with Crippen LogP contribution in [-0.4, -0.2) is 16.8 Å². The van der Waals surface area contributed by atoms with E-state index in [2.05, 4.69) is 25.1 Å². The summed E-state index contributed by atoms with van der Waals surface area (Å²) in [6, 6.07) is 8.35. The molecular weight excluding hydrogens is 244 g/mol. The molecule has 1 rings (SSSR count). The van der Waals surface area contributed by atoms with Gasteiger partial charge in [0.05, 0.1) is 5.25 Å².